The van der Waals surface area contributed by atoms with E-state index < -0.39 is 6.43 Å². The molecule has 158 valence electrons. The molecule has 30 heavy (non-hydrogen) atoms. The van der Waals surface area contributed by atoms with Crippen molar-refractivity contribution in [2.45, 2.75) is 13.0 Å². The molecule has 0 saturated heterocycles. The summed E-state index contributed by atoms with van der Waals surface area (Å²) in [4.78, 5) is 26.9. The number of alkyl halides is 2. The summed E-state index contributed by atoms with van der Waals surface area (Å²) in [6.45, 7) is 0.0865. The van der Waals surface area contributed by atoms with Crippen LogP contribution in [0, 0.1) is 0 Å². The van der Waals surface area contributed by atoms with Crippen molar-refractivity contribution < 1.29 is 18.3 Å². The zero-order chi connectivity index (χ0) is 21.8. The van der Waals surface area contributed by atoms with Crippen LogP contribution in [0.4, 0.5) is 26.1 Å². The predicted octanol–water partition coefficient (Wildman–Crippen LogP) is 5.12. The van der Waals surface area contributed by atoms with Crippen LogP contribution in [0.5, 0.6) is 5.75 Å². The lowest BCUT2D eigenvalue weighted by Gasteiger charge is -2.24. The number of thiophene rings is 1. The SMILES string of the molecule is COc1ccc(N(C=O)c2nc(Cl)ncc2CN(C)c2c(C(F)F)csc2Cl)nc1. The summed E-state index contributed by atoms with van der Waals surface area (Å²) in [5, 5.41) is 1.23. The predicted molar refractivity (Wildman–Crippen MR) is 112 cm³/mol. The molecule has 0 unspecified atom stereocenters. The second-order valence-corrected chi connectivity index (χ2v) is 7.81. The number of nitrogens with zero attached hydrogens (tertiary/aromatic N) is 5. The van der Waals surface area contributed by atoms with Gasteiger partial charge in [-0.3, -0.25) is 9.69 Å². The summed E-state index contributed by atoms with van der Waals surface area (Å²) < 4.78 is 32.0. The summed E-state index contributed by atoms with van der Waals surface area (Å²) in [5.41, 5.74) is 0.486. The quantitative estimate of drug-likeness (QED) is 0.334. The van der Waals surface area contributed by atoms with E-state index in [0.717, 1.165) is 11.3 Å². The van der Waals surface area contributed by atoms with Crippen LogP contribution >= 0.6 is 34.5 Å². The summed E-state index contributed by atoms with van der Waals surface area (Å²) in [6.07, 6.45) is 0.713. The van der Waals surface area contributed by atoms with Crippen molar-refractivity contribution in [1.29, 1.82) is 0 Å². The van der Waals surface area contributed by atoms with Crippen LogP contribution in [-0.4, -0.2) is 35.5 Å². The molecule has 0 bridgehead atoms. The fourth-order valence-electron chi connectivity index (χ4n) is 2.75. The van der Waals surface area contributed by atoms with Crippen molar-refractivity contribution in [1.82, 2.24) is 15.0 Å². The molecule has 0 atom stereocenters. The zero-order valence-electron chi connectivity index (χ0n) is 15.7. The monoisotopic (exact) mass is 473 g/mol. The van der Waals surface area contributed by atoms with E-state index in [1.54, 1.807) is 24.1 Å². The Morgan fingerprint density at radius 1 is 1.27 bits per heavy atom. The van der Waals surface area contributed by atoms with Gasteiger partial charge in [0.1, 0.15) is 15.9 Å². The number of halogens is 4. The van der Waals surface area contributed by atoms with Crippen molar-refractivity contribution in [3.8, 4) is 5.75 Å². The van der Waals surface area contributed by atoms with Gasteiger partial charge in [-0.2, -0.15) is 4.98 Å². The number of rotatable bonds is 8. The second-order valence-electron chi connectivity index (χ2n) is 5.99. The number of amides is 1. The standard InChI is InChI=1S/C18H15Cl2F2N5O2S/c1-26(14-12(16(21)22)8-30-15(14)19)7-10-5-24-18(20)25-17(10)27(9-28)13-4-3-11(29-2)6-23-13/h3-6,8-9,16H,7H2,1-2H3. The maximum absolute atomic E-state index is 13.3. The Balaban J connectivity index is 1.99. The number of carbonyl (C=O) groups excluding carboxylic acids is 1. The highest BCUT2D eigenvalue weighted by atomic mass is 35.5. The number of carbonyl (C=O) groups is 1. The smallest absolute Gasteiger partial charge is 0.266 e. The van der Waals surface area contributed by atoms with Gasteiger partial charge in [0, 0.05) is 30.7 Å². The van der Waals surface area contributed by atoms with Crippen LogP contribution in [0.1, 0.15) is 17.6 Å². The van der Waals surface area contributed by atoms with Gasteiger partial charge in [-0.05, 0) is 23.7 Å². The number of hydrogen-bond donors (Lipinski definition) is 0. The summed E-state index contributed by atoms with van der Waals surface area (Å²) >= 11 is 13.1. The third-order valence-electron chi connectivity index (χ3n) is 4.12. The third-order valence-corrected chi connectivity index (χ3v) is 5.52. The molecule has 0 radical (unpaired) electrons. The normalized spacial score (nSPS) is 10.9. The number of aromatic nitrogens is 3. The molecule has 12 heteroatoms. The van der Waals surface area contributed by atoms with Crippen LogP contribution in [0.25, 0.3) is 0 Å². The summed E-state index contributed by atoms with van der Waals surface area (Å²) in [7, 11) is 3.10. The number of pyridine rings is 1. The second kappa shape index (κ2) is 9.50. The Labute approximate surface area is 184 Å². The minimum atomic E-state index is -2.68. The van der Waals surface area contributed by atoms with Gasteiger partial charge in [-0.15, -0.1) is 11.3 Å². The fraction of sp³-hybridized carbons (Fsp3) is 0.222. The molecule has 7 nitrogen and oxygen atoms in total. The van der Waals surface area contributed by atoms with Gasteiger partial charge >= 0.3 is 0 Å². The molecule has 0 aliphatic carbocycles. The molecule has 0 fully saturated rings. The van der Waals surface area contributed by atoms with Crippen molar-refractivity contribution >= 4 is 58.3 Å². The van der Waals surface area contributed by atoms with Gasteiger partial charge in [0.05, 0.1) is 24.6 Å². The van der Waals surface area contributed by atoms with Crippen LogP contribution in [0.2, 0.25) is 9.62 Å². The van der Waals surface area contributed by atoms with Crippen LogP contribution in [0.15, 0.2) is 29.9 Å². The first-order chi connectivity index (χ1) is 14.3. The molecule has 0 N–H and O–H groups in total. The molecule has 3 aromatic rings. The molecule has 3 heterocycles. The largest absolute Gasteiger partial charge is 0.495 e. The first-order valence-corrected chi connectivity index (χ1v) is 10.0. The Bertz CT molecular complexity index is 1040. The molecule has 0 spiro atoms. The van der Waals surface area contributed by atoms with E-state index in [9.17, 15) is 13.6 Å². The van der Waals surface area contributed by atoms with E-state index in [2.05, 4.69) is 15.0 Å². The lowest BCUT2D eigenvalue weighted by Crippen LogP contribution is -2.23. The summed E-state index contributed by atoms with van der Waals surface area (Å²) in [6, 6.07) is 3.20. The molecule has 0 saturated carbocycles. The topological polar surface area (TPSA) is 71.5 Å². The van der Waals surface area contributed by atoms with E-state index in [4.69, 9.17) is 27.9 Å². The average molecular weight is 474 g/mol. The third kappa shape index (κ3) is 4.61. The van der Waals surface area contributed by atoms with E-state index >= 15 is 0 Å². The van der Waals surface area contributed by atoms with Crippen molar-refractivity contribution in [3.05, 3.63) is 50.7 Å². The molecule has 0 aliphatic heterocycles. The minimum absolute atomic E-state index is 0.0846. The van der Waals surface area contributed by atoms with E-state index in [0.29, 0.717) is 17.7 Å². The Morgan fingerprint density at radius 3 is 2.63 bits per heavy atom. The number of hydrogen-bond acceptors (Lipinski definition) is 7. The Kier molecular flexibility index (Phi) is 7.01. The van der Waals surface area contributed by atoms with Gasteiger partial charge in [0.2, 0.25) is 11.7 Å². The average Bonchev–Trinajstić information content (AvgIpc) is 3.13. The number of ether oxygens (including phenoxy) is 1. The lowest BCUT2D eigenvalue weighted by atomic mass is 10.2. The maximum atomic E-state index is 13.3. The summed E-state index contributed by atoms with van der Waals surface area (Å²) in [5.74, 6) is 0.947. The Morgan fingerprint density at radius 2 is 2.03 bits per heavy atom. The maximum Gasteiger partial charge on any atom is 0.266 e. The fourth-order valence-corrected chi connectivity index (χ4v) is 4.09. The molecule has 0 aliphatic rings. The number of methoxy groups -OCH3 is 1. The highest BCUT2D eigenvalue weighted by Crippen LogP contribution is 2.41. The highest BCUT2D eigenvalue weighted by molar-refractivity contribution is 7.15. The van der Waals surface area contributed by atoms with Gasteiger partial charge < -0.3 is 9.64 Å². The molecule has 3 aromatic heterocycles. The van der Waals surface area contributed by atoms with Crippen molar-refractivity contribution in [3.63, 3.8) is 0 Å². The molecular formula is C18H15Cl2F2N5O2S. The van der Waals surface area contributed by atoms with Gasteiger partial charge in [0.15, 0.2) is 5.82 Å². The molecular weight excluding hydrogens is 459 g/mol. The molecule has 3 rings (SSSR count). The zero-order valence-corrected chi connectivity index (χ0v) is 18.0. The molecule has 0 aromatic carbocycles. The van der Waals surface area contributed by atoms with Crippen LogP contribution < -0.4 is 14.5 Å². The van der Waals surface area contributed by atoms with Gasteiger partial charge in [-0.25, -0.2) is 18.7 Å². The minimum Gasteiger partial charge on any atom is -0.495 e. The highest BCUT2D eigenvalue weighted by Gasteiger charge is 2.24. The van der Waals surface area contributed by atoms with Gasteiger partial charge in [0.25, 0.3) is 6.43 Å². The first kappa shape index (κ1) is 22.1. The van der Waals surface area contributed by atoms with Crippen LogP contribution in [0.3, 0.4) is 0 Å². The van der Waals surface area contributed by atoms with Gasteiger partial charge in [-0.1, -0.05) is 11.6 Å². The number of anilines is 3. The van der Waals surface area contributed by atoms with Crippen LogP contribution in [-0.2, 0) is 11.3 Å². The lowest BCUT2D eigenvalue weighted by molar-refractivity contribution is -0.106. The van der Waals surface area contributed by atoms with E-state index in [1.165, 1.54) is 29.8 Å². The Hall–Kier alpha value is -2.56. The molecule has 1 amide bonds. The first-order valence-electron chi connectivity index (χ1n) is 8.37. The van der Waals surface area contributed by atoms with Crippen molar-refractivity contribution in [2.24, 2.45) is 0 Å². The van der Waals surface area contributed by atoms with E-state index in [1.807, 2.05) is 0 Å². The van der Waals surface area contributed by atoms with Crippen molar-refractivity contribution in [2.75, 3.05) is 24.0 Å². The van der Waals surface area contributed by atoms with E-state index in [-0.39, 0.29) is 39.1 Å².